The zero-order valence-electron chi connectivity index (χ0n) is 14.3. The fourth-order valence-corrected chi connectivity index (χ4v) is 4.56. The van der Waals surface area contributed by atoms with E-state index in [1.165, 1.54) is 21.9 Å². The minimum absolute atomic E-state index is 0.150. The van der Waals surface area contributed by atoms with Crippen molar-refractivity contribution in [2.75, 3.05) is 0 Å². The Bertz CT molecular complexity index is 1120. The number of fused-ring (bicyclic) bond motifs is 1. The van der Waals surface area contributed by atoms with E-state index in [1.54, 1.807) is 11.8 Å². The van der Waals surface area contributed by atoms with E-state index in [0.717, 1.165) is 28.1 Å². The number of thioether (sulfide) groups is 1. The van der Waals surface area contributed by atoms with Gasteiger partial charge in [-0.2, -0.15) is 9.61 Å². The molecule has 0 amide bonds. The van der Waals surface area contributed by atoms with Crippen molar-refractivity contribution in [3.63, 3.8) is 0 Å². The average molecular weight is 384 g/mol. The second-order valence-electron chi connectivity index (χ2n) is 5.63. The lowest BCUT2D eigenvalue weighted by atomic mass is 10.2. The second kappa shape index (κ2) is 7.00. The smallest absolute Gasteiger partial charge is 0.275 e. The molecule has 4 rings (SSSR count). The number of rotatable bonds is 5. The molecule has 7 nitrogen and oxygen atoms in total. The molecule has 1 aromatic carbocycles. The molecule has 0 N–H and O–H groups in total. The van der Waals surface area contributed by atoms with Gasteiger partial charge in [-0.25, -0.2) is 4.98 Å². The lowest BCUT2D eigenvalue weighted by Gasteiger charge is -2.06. The maximum Gasteiger partial charge on any atom is 0.275 e. The van der Waals surface area contributed by atoms with Crippen LogP contribution in [0.3, 0.4) is 0 Å². The van der Waals surface area contributed by atoms with Gasteiger partial charge in [0, 0.05) is 23.9 Å². The zero-order valence-corrected chi connectivity index (χ0v) is 15.9. The Hall–Kier alpha value is -2.52. The summed E-state index contributed by atoms with van der Waals surface area (Å²) in [6.07, 6.45) is 0. The lowest BCUT2D eigenvalue weighted by Crippen LogP contribution is -2.14. The Morgan fingerprint density at radius 3 is 2.77 bits per heavy atom. The third-order valence-electron chi connectivity index (χ3n) is 3.80. The topological polar surface area (TPSA) is 78.0 Å². The van der Waals surface area contributed by atoms with Crippen LogP contribution >= 0.6 is 23.1 Å². The van der Waals surface area contributed by atoms with Crippen LogP contribution in [0.5, 0.6) is 0 Å². The van der Waals surface area contributed by atoms with Gasteiger partial charge < -0.3 is 4.57 Å². The molecule has 4 aromatic rings. The molecule has 0 spiro atoms. The summed E-state index contributed by atoms with van der Waals surface area (Å²) in [7, 11) is 0. The van der Waals surface area contributed by atoms with E-state index in [4.69, 9.17) is 0 Å². The highest BCUT2D eigenvalue weighted by Gasteiger charge is 2.14. The highest BCUT2D eigenvalue weighted by Crippen LogP contribution is 2.27. The van der Waals surface area contributed by atoms with E-state index in [1.807, 2.05) is 37.3 Å². The van der Waals surface area contributed by atoms with Crippen molar-refractivity contribution in [1.29, 1.82) is 0 Å². The molecular weight excluding hydrogens is 368 g/mol. The molecule has 0 unspecified atom stereocenters. The van der Waals surface area contributed by atoms with Crippen LogP contribution in [0.4, 0.5) is 0 Å². The summed E-state index contributed by atoms with van der Waals surface area (Å²) in [5, 5.41) is 14.7. The van der Waals surface area contributed by atoms with E-state index in [9.17, 15) is 4.79 Å². The fraction of sp³-hybridized carbons (Fsp3) is 0.235. The first-order valence-corrected chi connectivity index (χ1v) is 9.93. The number of hydrogen-bond acceptors (Lipinski definition) is 7. The molecule has 0 saturated carbocycles. The van der Waals surface area contributed by atoms with E-state index >= 15 is 0 Å². The van der Waals surface area contributed by atoms with Crippen LogP contribution in [0.2, 0.25) is 0 Å². The molecular formula is C17H16N6OS2. The first kappa shape index (κ1) is 16.9. The van der Waals surface area contributed by atoms with Crippen molar-refractivity contribution in [3.05, 3.63) is 57.5 Å². The molecule has 0 radical (unpaired) electrons. The molecule has 26 heavy (non-hydrogen) atoms. The van der Waals surface area contributed by atoms with Crippen LogP contribution in [0.15, 0.2) is 46.3 Å². The van der Waals surface area contributed by atoms with Gasteiger partial charge in [0.25, 0.3) is 5.56 Å². The van der Waals surface area contributed by atoms with Crippen molar-refractivity contribution in [2.24, 2.45) is 0 Å². The minimum Gasteiger partial charge on any atom is -0.302 e. The van der Waals surface area contributed by atoms with Crippen LogP contribution < -0.4 is 5.56 Å². The van der Waals surface area contributed by atoms with Gasteiger partial charge in [-0.1, -0.05) is 53.4 Å². The standard InChI is InChI=1S/C17H16N6OS2/c1-3-22-15(12-7-5-4-6-8-12)19-20-17(22)25-10-13-21-23-14(24)9-11(2)18-16(23)26-13/h4-9H,3,10H2,1-2H3. The summed E-state index contributed by atoms with van der Waals surface area (Å²) < 4.78 is 3.44. The lowest BCUT2D eigenvalue weighted by molar-refractivity contribution is 0.687. The molecule has 9 heteroatoms. The Morgan fingerprint density at radius 2 is 2.00 bits per heavy atom. The Balaban J connectivity index is 1.60. The van der Waals surface area contributed by atoms with Crippen LogP contribution in [0.1, 0.15) is 17.6 Å². The van der Waals surface area contributed by atoms with Crippen molar-refractivity contribution < 1.29 is 0 Å². The van der Waals surface area contributed by atoms with Crippen LogP contribution in [0.25, 0.3) is 16.3 Å². The summed E-state index contributed by atoms with van der Waals surface area (Å²) in [4.78, 5) is 17.0. The minimum atomic E-state index is -0.150. The van der Waals surface area contributed by atoms with E-state index in [2.05, 4.69) is 31.8 Å². The number of benzene rings is 1. The van der Waals surface area contributed by atoms with E-state index in [-0.39, 0.29) is 5.56 Å². The molecule has 0 aliphatic carbocycles. The summed E-state index contributed by atoms with van der Waals surface area (Å²) in [6, 6.07) is 11.5. The molecule has 0 atom stereocenters. The number of aromatic nitrogens is 6. The SMILES string of the molecule is CCn1c(SCc2nn3c(=O)cc(C)nc3s2)nnc1-c1ccccc1. The molecule has 3 heterocycles. The van der Waals surface area contributed by atoms with Crippen LogP contribution in [-0.4, -0.2) is 29.4 Å². The first-order valence-electron chi connectivity index (χ1n) is 8.13. The molecule has 0 saturated heterocycles. The van der Waals surface area contributed by atoms with E-state index < -0.39 is 0 Å². The van der Waals surface area contributed by atoms with Gasteiger partial charge in [0.1, 0.15) is 5.01 Å². The van der Waals surface area contributed by atoms with Gasteiger partial charge in [-0.05, 0) is 13.8 Å². The predicted molar refractivity (Wildman–Crippen MR) is 103 cm³/mol. The maximum absolute atomic E-state index is 12.0. The van der Waals surface area contributed by atoms with Gasteiger partial charge >= 0.3 is 0 Å². The predicted octanol–water partition coefficient (Wildman–Crippen LogP) is 3.03. The largest absolute Gasteiger partial charge is 0.302 e. The van der Waals surface area contributed by atoms with Gasteiger partial charge in [0.05, 0.1) is 5.75 Å². The number of hydrogen-bond donors (Lipinski definition) is 0. The quantitative estimate of drug-likeness (QED) is 0.492. The Labute approximate surface area is 157 Å². The second-order valence-corrected chi connectivity index (χ2v) is 7.61. The molecule has 0 fully saturated rings. The van der Waals surface area contributed by atoms with Crippen molar-refractivity contribution in [1.82, 2.24) is 29.4 Å². The van der Waals surface area contributed by atoms with Crippen LogP contribution in [-0.2, 0) is 12.3 Å². The third kappa shape index (κ3) is 3.15. The van der Waals surface area contributed by atoms with Crippen LogP contribution in [0, 0.1) is 6.92 Å². The van der Waals surface area contributed by atoms with E-state index in [0.29, 0.717) is 16.4 Å². The summed E-state index contributed by atoms with van der Waals surface area (Å²) >= 11 is 2.98. The fourth-order valence-electron chi connectivity index (χ4n) is 2.63. The van der Waals surface area contributed by atoms with Crippen molar-refractivity contribution in [2.45, 2.75) is 31.3 Å². The van der Waals surface area contributed by atoms with Crippen molar-refractivity contribution >= 4 is 28.1 Å². The maximum atomic E-state index is 12.0. The molecule has 0 aliphatic heterocycles. The zero-order chi connectivity index (χ0) is 18.1. The Morgan fingerprint density at radius 1 is 1.19 bits per heavy atom. The van der Waals surface area contributed by atoms with Gasteiger partial charge in [-0.15, -0.1) is 10.2 Å². The molecule has 132 valence electrons. The molecule has 0 aliphatic rings. The third-order valence-corrected chi connectivity index (χ3v) is 5.87. The first-order chi connectivity index (χ1) is 12.7. The monoisotopic (exact) mass is 384 g/mol. The summed E-state index contributed by atoms with van der Waals surface area (Å²) in [5.74, 6) is 1.47. The van der Waals surface area contributed by atoms with Gasteiger partial charge in [0.15, 0.2) is 11.0 Å². The number of nitrogens with zero attached hydrogens (tertiary/aromatic N) is 6. The summed E-state index contributed by atoms with van der Waals surface area (Å²) in [6.45, 7) is 4.66. The molecule has 3 aromatic heterocycles. The van der Waals surface area contributed by atoms with Crippen molar-refractivity contribution in [3.8, 4) is 11.4 Å². The van der Waals surface area contributed by atoms with Gasteiger partial charge in [0.2, 0.25) is 4.96 Å². The molecule has 0 bridgehead atoms. The average Bonchev–Trinajstić information content (AvgIpc) is 3.24. The highest BCUT2D eigenvalue weighted by atomic mass is 32.2. The summed E-state index contributed by atoms with van der Waals surface area (Å²) in [5.41, 5.74) is 1.60. The normalized spacial score (nSPS) is 11.3. The van der Waals surface area contributed by atoms with Gasteiger partial charge in [-0.3, -0.25) is 4.79 Å². The Kier molecular flexibility index (Phi) is 4.56. The number of aryl methyl sites for hydroxylation is 1. The highest BCUT2D eigenvalue weighted by molar-refractivity contribution is 7.98.